The highest BCUT2D eigenvalue weighted by molar-refractivity contribution is 7.09. The molecule has 1 aromatic heterocycles. The number of carbonyl (C=O) groups excluding carboxylic acids is 2. The summed E-state index contributed by atoms with van der Waals surface area (Å²) in [5.74, 6) is 1.98. The summed E-state index contributed by atoms with van der Waals surface area (Å²) in [6, 6.07) is 4.10. The van der Waals surface area contributed by atoms with E-state index in [0.29, 0.717) is 6.42 Å². The van der Waals surface area contributed by atoms with Crippen LogP contribution in [0.5, 0.6) is 0 Å². The molecule has 0 saturated heterocycles. The number of esters is 1. The minimum atomic E-state index is -0.697. The molecule has 4 bridgehead atoms. The minimum Gasteiger partial charge on any atom is -0.453 e. The van der Waals surface area contributed by atoms with Gasteiger partial charge >= 0.3 is 5.97 Å². The lowest BCUT2D eigenvalue weighted by molar-refractivity contribution is -0.156. The molecule has 1 aromatic rings. The molecule has 0 aliphatic heterocycles. The molecule has 142 valence electrons. The molecule has 0 radical (unpaired) electrons. The first kappa shape index (κ1) is 18.0. The molecule has 26 heavy (non-hydrogen) atoms. The molecule has 5 rings (SSSR count). The molecule has 1 atom stereocenters. The van der Waals surface area contributed by atoms with Gasteiger partial charge in [-0.2, -0.15) is 0 Å². The van der Waals surface area contributed by atoms with Gasteiger partial charge in [-0.3, -0.25) is 9.59 Å². The highest BCUT2D eigenvalue weighted by atomic mass is 32.1. The van der Waals surface area contributed by atoms with Gasteiger partial charge < -0.3 is 10.1 Å². The Morgan fingerprint density at radius 1 is 1.23 bits per heavy atom. The Bertz CT molecular complexity index is 619. The lowest BCUT2D eigenvalue weighted by Crippen LogP contribution is -2.61. The van der Waals surface area contributed by atoms with E-state index in [1.165, 1.54) is 24.1 Å². The van der Waals surface area contributed by atoms with Crippen LogP contribution in [0.15, 0.2) is 17.5 Å². The fourth-order valence-corrected chi connectivity index (χ4v) is 6.55. The number of ether oxygens (including phenoxy) is 1. The zero-order valence-electron chi connectivity index (χ0n) is 15.5. The molecule has 0 aromatic carbocycles. The lowest BCUT2D eigenvalue weighted by atomic mass is 9.53. The van der Waals surface area contributed by atoms with Crippen LogP contribution in [-0.2, 0) is 20.7 Å². The average molecular weight is 376 g/mol. The van der Waals surface area contributed by atoms with Crippen molar-refractivity contribution in [3.63, 3.8) is 0 Å². The molecule has 5 heteroatoms. The van der Waals surface area contributed by atoms with Crippen molar-refractivity contribution in [3.05, 3.63) is 22.4 Å². The third kappa shape index (κ3) is 3.98. The number of hydrogen-bond acceptors (Lipinski definition) is 4. The molecule has 4 aliphatic carbocycles. The molecule has 0 unspecified atom stereocenters. The van der Waals surface area contributed by atoms with Gasteiger partial charge in [0.1, 0.15) is 0 Å². The molecule has 4 fully saturated rings. The van der Waals surface area contributed by atoms with Gasteiger partial charge in [0, 0.05) is 16.8 Å². The minimum absolute atomic E-state index is 0.0222. The van der Waals surface area contributed by atoms with E-state index in [-0.39, 0.29) is 17.4 Å². The van der Waals surface area contributed by atoms with Gasteiger partial charge in [-0.25, -0.2) is 0 Å². The highest BCUT2D eigenvalue weighted by Crippen LogP contribution is 2.55. The molecule has 4 nitrogen and oxygen atoms in total. The summed E-state index contributed by atoms with van der Waals surface area (Å²) in [7, 11) is 0. The zero-order chi connectivity index (χ0) is 18.1. The molecule has 0 spiro atoms. The van der Waals surface area contributed by atoms with Crippen LogP contribution in [0.4, 0.5) is 0 Å². The summed E-state index contributed by atoms with van der Waals surface area (Å²) in [5.41, 5.74) is -0.0222. The van der Waals surface area contributed by atoms with Crippen molar-refractivity contribution in [2.24, 2.45) is 17.8 Å². The Hall–Kier alpha value is -1.36. The third-order valence-corrected chi connectivity index (χ3v) is 7.42. The Balaban J connectivity index is 1.23. The second kappa shape index (κ2) is 7.34. The van der Waals surface area contributed by atoms with Crippen molar-refractivity contribution in [2.45, 2.75) is 76.4 Å². The van der Waals surface area contributed by atoms with Crippen LogP contribution in [0.2, 0.25) is 0 Å². The maximum Gasteiger partial charge on any atom is 0.306 e. The third-order valence-electron chi connectivity index (χ3n) is 6.49. The molecule has 4 aliphatic rings. The first-order chi connectivity index (χ1) is 12.5. The fourth-order valence-electron chi connectivity index (χ4n) is 5.80. The second-order valence-electron chi connectivity index (χ2n) is 8.75. The Morgan fingerprint density at radius 2 is 1.88 bits per heavy atom. The van der Waals surface area contributed by atoms with E-state index in [4.69, 9.17) is 4.74 Å². The summed E-state index contributed by atoms with van der Waals surface area (Å²) >= 11 is 1.71. The molecule has 1 amide bonds. The van der Waals surface area contributed by atoms with Crippen LogP contribution in [0, 0.1) is 17.8 Å². The van der Waals surface area contributed by atoms with Crippen molar-refractivity contribution in [3.8, 4) is 0 Å². The van der Waals surface area contributed by atoms with Crippen molar-refractivity contribution in [1.29, 1.82) is 0 Å². The largest absolute Gasteiger partial charge is 0.453 e. The van der Waals surface area contributed by atoms with Gasteiger partial charge in [-0.05, 0) is 87.5 Å². The zero-order valence-corrected chi connectivity index (χ0v) is 16.4. The van der Waals surface area contributed by atoms with Crippen LogP contribution in [-0.4, -0.2) is 23.5 Å². The fraction of sp³-hybridized carbons (Fsp3) is 0.714. The van der Waals surface area contributed by atoms with Gasteiger partial charge in [0.05, 0.1) is 0 Å². The number of carbonyl (C=O) groups is 2. The summed E-state index contributed by atoms with van der Waals surface area (Å²) in [5, 5.41) is 5.34. The van der Waals surface area contributed by atoms with Crippen LogP contribution in [0.3, 0.4) is 0 Å². The second-order valence-corrected chi connectivity index (χ2v) is 9.78. The summed E-state index contributed by atoms with van der Waals surface area (Å²) in [6.45, 7) is 1.70. The van der Waals surface area contributed by atoms with Crippen LogP contribution in [0.1, 0.15) is 63.2 Å². The topological polar surface area (TPSA) is 55.4 Å². The summed E-state index contributed by atoms with van der Waals surface area (Å²) in [6.07, 6.45) is 8.73. The number of aryl methyl sites for hydroxylation is 1. The lowest BCUT2D eigenvalue weighted by Gasteiger charge is -2.57. The monoisotopic (exact) mass is 375 g/mol. The van der Waals surface area contributed by atoms with Crippen LogP contribution >= 0.6 is 11.3 Å². The predicted molar refractivity (Wildman–Crippen MR) is 102 cm³/mol. The van der Waals surface area contributed by atoms with Gasteiger partial charge in [0.25, 0.3) is 5.91 Å². The van der Waals surface area contributed by atoms with E-state index in [1.54, 1.807) is 18.3 Å². The first-order valence-electron chi connectivity index (χ1n) is 10.1. The first-order valence-corrected chi connectivity index (χ1v) is 10.9. The number of rotatable bonds is 7. The summed E-state index contributed by atoms with van der Waals surface area (Å²) in [4.78, 5) is 26.0. The molecule has 1 N–H and O–H groups in total. The average Bonchev–Trinajstić information content (AvgIpc) is 3.06. The Kier molecular flexibility index (Phi) is 5.09. The van der Waals surface area contributed by atoms with Crippen LogP contribution in [0.25, 0.3) is 0 Å². The van der Waals surface area contributed by atoms with E-state index in [2.05, 4.69) is 11.4 Å². The van der Waals surface area contributed by atoms with E-state index in [0.717, 1.165) is 49.9 Å². The smallest absolute Gasteiger partial charge is 0.306 e. The molecule has 4 saturated carbocycles. The van der Waals surface area contributed by atoms with E-state index in [9.17, 15) is 9.59 Å². The van der Waals surface area contributed by atoms with E-state index < -0.39 is 6.10 Å². The normalized spacial score (nSPS) is 33.0. The van der Waals surface area contributed by atoms with Gasteiger partial charge in [0.15, 0.2) is 6.10 Å². The Morgan fingerprint density at radius 3 is 2.46 bits per heavy atom. The van der Waals surface area contributed by atoms with Crippen molar-refractivity contribution in [2.75, 3.05) is 0 Å². The number of hydrogen-bond donors (Lipinski definition) is 1. The van der Waals surface area contributed by atoms with Gasteiger partial charge in [-0.15, -0.1) is 11.3 Å². The quantitative estimate of drug-likeness (QED) is 0.731. The molecular weight excluding hydrogens is 346 g/mol. The number of nitrogens with one attached hydrogen (secondary N) is 1. The standard InChI is InChI=1S/C21H29NO3S/c1-14(25-19(23)6-2-4-18-5-3-7-26-18)20(24)22-21-11-15-8-16(12-21)10-17(9-15)13-21/h3,5,7,14-17H,2,4,6,8-13H2,1H3,(H,22,24)/t14-,15?,16?,17?,21?/m0/s1. The number of amides is 1. The molecular formula is C21H29NO3S. The van der Waals surface area contributed by atoms with Gasteiger partial charge in [0.2, 0.25) is 0 Å². The maximum absolute atomic E-state index is 12.6. The van der Waals surface area contributed by atoms with Gasteiger partial charge in [-0.1, -0.05) is 6.07 Å². The number of thiophene rings is 1. The predicted octanol–water partition coefficient (Wildman–Crippen LogP) is 4.09. The van der Waals surface area contributed by atoms with Crippen molar-refractivity contribution in [1.82, 2.24) is 5.32 Å². The van der Waals surface area contributed by atoms with Crippen molar-refractivity contribution < 1.29 is 14.3 Å². The summed E-state index contributed by atoms with van der Waals surface area (Å²) < 4.78 is 5.40. The van der Waals surface area contributed by atoms with E-state index in [1.807, 2.05) is 11.4 Å². The van der Waals surface area contributed by atoms with Crippen molar-refractivity contribution >= 4 is 23.2 Å². The Labute approximate surface area is 159 Å². The van der Waals surface area contributed by atoms with E-state index >= 15 is 0 Å². The SMILES string of the molecule is C[C@H](OC(=O)CCCc1cccs1)C(=O)NC12CC3CC(CC(C3)C1)C2. The highest BCUT2D eigenvalue weighted by Gasteiger charge is 2.51. The molecule has 1 heterocycles. The van der Waals surface area contributed by atoms with Crippen LogP contribution < -0.4 is 5.32 Å². The maximum atomic E-state index is 12.6.